The molecule has 3 aromatic carbocycles. The summed E-state index contributed by atoms with van der Waals surface area (Å²) in [6.45, 7) is 0. The minimum absolute atomic E-state index is 0. The zero-order chi connectivity index (χ0) is 18.0. The van der Waals surface area contributed by atoms with Crippen LogP contribution in [0.2, 0.25) is 0 Å². The summed E-state index contributed by atoms with van der Waals surface area (Å²) in [7, 11) is 0. The average Bonchev–Trinajstić information content (AvgIpc) is 3.31. The first-order chi connectivity index (χ1) is 13.3. The lowest BCUT2D eigenvalue weighted by Gasteiger charge is -2.00. The predicted octanol–water partition coefficient (Wildman–Crippen LogP) is 2.15. The van der Waals surface area contributed by atoms with Crippen molar-refractivity contribution in [3.05, 3.63) is 91.1 Å². The lowest BCUT2D eigenvalue weighted by atomic mass is 10.1. The molecule has 5 heteroatoms. The Morgan fingerprint density at radius 3 is 2.32 bits per heavy atom. The van der Waals surface area contributed by atoms with E-state index in [9.17, 15) is 4.39 Å². The number of hydrogen-bond acceptors (Lipinski definition) is 0. The molecule has 0 spiro atoms. The van der Waals surface area contributed by atoms with Crippen molar-refractivity contribution in [2.45, 2.75) is 0 Å². The number of para-hydroxylation sites is 2. The van der Waals surface area contributed by atoms with Crippen molar-refractivity contribution in [1.82, 2.24) is 9.55 Å². The predicted molar refractivity (Wildman–Crippen MR) is 106 cm³/mol. The van der Waals surface area contributed by atoms with Crippen LogP contribution in [-0.2, 0) is 0 Å². The Bertz CT molecular complexity index is 1480. The van der Waals surface area contributed by atoms with Crippen LogP contribution in [0, 0.1) is 5.82 Å². The van der Waals surface area contributed by atoms with E-state index in [1.807, 2.05) is 10.6 Å². The smallest absolute Gasteiger partial charge is 0.254 e. The van der Waals surface area contributed by atoms with E-state index in [-0.39, 0.29) is 18.2 Å². The molecule has 136 valence electrons. The Hall–Kier alpha value is -3.37. The van der Waals surface area contributed by atoms with Gasteiger partial charge >= 0.3 is 0 Å². The third kappa shape index (κ3) is 2.25. The van der Waals surface area contributed by atoms with Gasteiger partial charge in [0.2, 0.25) is 0 Å². The van der Waals surface area contributed by atoms with Gasteiger partial charge in [-0.15, -0.1) is 0 Å². The van der Waals surface area contributed by atoms with Crippen LogP contribution in [0.15, 0.2) is 85.3 Å². The second-order valence-electron chi connectivity index (χ2n) is 6.82. The number of imidazole rings is 1. The van der Waals surface area contributed by atoms with Crippen molar-refractivity contribution < 1.29 is 21.2 Å². The van der Waals surface area contributed by atoms with E-state index in [2.05, 4.69) is 64.4 Å². The van der Waals surface area contributed by atoms with Crippen LogP contribution in [-0.4, -0.2) is 9.55 Å². The number of pyridine rings is 1. The largest absolute Gasteiger partial charge is 1.00 e. The van der Waals surface area contributed by atoms with Gasteiger partial charge < -0.3 is 17.4 Å². The molecule has 0 atom stereocenters. The third-order valence-electron chi connectivity index (χ3n) is 5.28. The van der Waals surface area contributed by atoms with Crippen molar-refractivity contribution in [2.24, 2.45) is 0 Å². The molecular formula is C23H15ClFN3. The van der Waals surface area contributed by atoms with E-state index in [1.54, 1.807) is 12.1 Å². The maximum absolute atomic E-state index is 13.3. The normalized spacial score (nSPS) is 11.5. The molecule has 0 amide bonds. The summed E-state index contributed by atoms with van der Waals surface area (Å²) in [5, 5.41) is 3.66. The van der Waals surface area contributed by atoms with Gasteiger partial charge in [-0.2, -0.15) is 4.40 Å². The summed E-state index contributed by atoms with van der Waals surface area (Å²) in [5.74, 6) is -0.230. The minimum Gasteiger partial charge on any atom is -1.00 e. The Morgan fingerprint density at radius 2 is 1.50 bits per heavy atom. The van der Waals surface area contributed by atoms with E-state index in [1.165, 1.54) is 28.3 Å². The van der Waals surface area contributed by atoms with Crippen molar-refractivity contribution in [1.29, 1.82) is 0 Å². The number of hydrogen-bond donors (Lipinski definition) is 1. The van der Waals surface area contributed by atoms with Gasteiger partial charge in [-0.3, -0.25) is 0 Å². The van der Waals surface area contributed by atoms with Crippen molar-refractivity contribution in [3.8, 4) is 5.69 Å². The van der Waals surface area contributed by atoms with E-state index < -0.39 is 0 Å². The lowest BCUT2D eigenvalue weighted by molar-refractivity contribution is -0.480. The first-order valence-corrected chi connectivity index (χ1v) is 8.90. The molecule has 0 aliphatic carbocycles. The fourth-order valence-corrected chi connectivity index (χ4v) is 4.05. The van der Waals surface area contributed by atoms with Gasteiger partial charge in [-0.05, 0) is 42.5 Å². The number of aromatic amines is 1. The molecule has 0 fully saturated rings. The van der Waals surface area contributed by atoms with Gasteiger partial charge in [0.15, 0.2) is 5.52 Å². The number of fused-ring (bicyclic) bond motifs is 8. The lowest BCUT2D eigenvalue weighted by Crippen LogP contribution is -3.00. The van der Waals surface area contributed by atoms with Gasteiger partial charge in [-0.1, -0.05) is 30.3 Å². The van der Waals surface area contributed by atoms with Crippen LogP contribution in [0.5, 0.6) is 0 Å². The van der Waals surface area contributed by atoms with Crippen LogP contribution in [0.25, 0.3) is 43.9 Å². The minimum atomic E-state index is -0.230. The first kappa shape index (κ1) is 16.8. The second-order valence-corrected chi connectivity index (χ2v) is 6.82. The third-order valence-corrected chi connectivity index (χ3v) is 5.28. The van der Waals surface area contributed by atoms with Gasteiger partial charge in [-0.25, -0.2) is 8.96 Å². The highest BCUT2D eigenvalue weighted by atomic mass is 35.5. The van der Waals surface area contributed by atoms with Crippen LogP contribution in [0.4, 0.5) is 4.39 Å². The molecule has 0 aliphatic rings. The zero-order valence-electron chi connectivity index (χ0n) is 14.7. The van der Waals surface area contributed by atoms with Crippen LogP contribution in [0.3, 0.4) is 0 Å². The summed E-state index contributed by atoms with van der Waals surface area (Å²) in [5.41, 5.74) is 5.39. The molecule has 0 radical (unpaired) electrons. The monoisotopic (exact) mass is 387 g/mol. The molecule has 0 saturated heterocycles. The Kier molecular flexibility index (Phi) is 3.64. The van der Waals surface area contributed by atoms with E-state index in [0.717, 1.165) is 27.8 Å². The highest BCUT2D eigenvalue weighted by Gasteiger charge is 2.20. The quantitative estimate of drug-likeness (QED) is 0.418. The maximum atomic E-state index is 13.3. The fraction of sp³-hybridized carbons (Fsp3) is 0. The zero-order valence-corrected chi connectivity index (χ0v) is 15.5. The average molecular weight is 388 g/mol. The number of rotatable bonds is 1. The standard InChI is InChI=1S/C23H15FN3.ClH/c24-15-9-11-16(12-10-15)26-13-21-23-22(17-5-1-3-7-19(17)25-23)18-6-2-4-8-20(18)27(21)14-26;/h1-14,25H;1H/q+1;/p-1. The van der Waals surface area contributed by atoms with Gasteiger partial charge in [0.1, 0.15) is 23.2 Å². The molecule has 0 unspecified atom stereocenters. The maximum Gasteiger partial charge on any atom is 0.254 e. The topological polar surface area (TPSA) is 24.8 Å². The molecule has 28 heavy (non-hydrogen) atoms. The molecule has 0 bridgehead atoms. The van der Waals surface area contributed by atoms with Crippen LogP contribution in [0.1, 0.15) is 0 Å². The highest BCUT2D eigenvalue weighted by Crippen LogP contribution is 2.33. The van der Waals surface area contributed by atoms with Crippen molar-refractivity contribution in [2.75, 3.05) is 0 Å². The SMILES string of the molecule is Fc1ccc(-n2cc3c4[nH]c5ccccc5c4c4ccccc4[n+]3c2)cc1.[Cl-]. The van der Waals surface area contributed by atoms with E-state index in [0.29, 0.717) is 0 Å². The summed E-state index contributed by atoms with van der Waals surface area (Å²) >= 11 is 0. The first-order valence-electron chi connectivity index (χ1n) is 8.90. The van der Waals surface area contributed by atoms with Gasteiger partial charge in [0.05, 0.1) is 5.52 Å². The van der Waals surface area contributed by atoms with Crippen LogP contribution >= 0.6 is 0 Å². The Labute approximate surface area is 166 Å². The Morgan fingerprint density at radius 1 is 0.786 bits per heavy atom. The van der Waals surface area contributed by atoms with E-state index in [4.69, 9.17) is 0 Å². The molecule has 0 aliphatic heterocycles. The number of aromatic nitrogens is 3. The number of benzene rings is 3. The molecular weight excluding hydrogens is 373 g/mol. The van der Waals surface area contributed by atoms with Gasteiger partial charge in [0.25, 0.3) is 6.33 Å². The summed E-state index contributed by atoms with van der Waals surface area (Å²) in [6.07, 6.45) is 4.15. The van der Waals surface area contributed by atoms with Crippen LogP contribution < -0.4 is 16.8 Å². The summed E-state index contributed by atoms with van der Waals surface area (Å²) in [6, 6.07) is 23.4. The van der Waals surface area contributed by atoms with Crippen molar-refractivity contribution >= 4 is 38.2 Å². The molecule has 6 rings (SSSR count). The summed E-state index contributed by atoms with van der Waals surface area (Å²) in [4.78, 5) is 3.59. The molecule has 3 aromatic heterocycles. The molecule has 1 N–H and O–H groups in total. The van der Waals surface area contributed by atoms with Crippen molar-refractivity contribution in [3.63, 3.8) is 0 Å². The molecule has 3 nitrogen and oxygen atoms in total. The number of H-pyrrole nitrogens is 1. The number of halogens is 2. The number of nitrogens with zero attached hydrogens (tertiary/aromatic N) is 2. The molecule has 0 saturated carbocycles. The summed E-state index contributed by atoms with van der Waals surface area (Å²) < 4.78 is 17.5. The fourth-order valence-electron chi connectivity index (χ4n) is 4.05. The molecule has 6 aromatic rings. The highest BCUT2D eigenvalue weighted by molar-refractivity contribution is 6.21. The number of nitrogens with one attached hydrogen (secondary N) is 1. The second kappa shape index (κ2) is 6.08. The molecule has 3 heterocycles. The van der Waals surface area contributed by atoms with Gasteiger partial charge in [0, 0.05) is 21.7 Å². The van der Waals surface area contributed by atoms with E-state index >= 15 is 0 Å². The Balaban J connectivity index is 0.00000171.